The van der Waals surface area contributed by atoms with Gasteiger partial charge in [-0.1, -0.05) is 27.2 Å². The molecule has 0 aromatic heterocycles. The summed E-state index contributed by atoms with van der Waals surface area (Å²) in [6, 6.07) is 0.620. The van der Waals surface area contributed by atoms with Crippen LogP contribution < -0.4 is 5.32 Å². The largest absolute Gasteiger partial charge is 0.368 e. The molecule has 0 radical (unpaired) electrons. The molecule has 2 saturated carbocycles. The third-order valence-electron chi connectivity index (χ3n) is 5.89. The predicted octanol–water partition coefficient (Wildman–Crippen LogP) is 3.50. The normalized spacial score (nSPS) is 47.2. The zero-order chi connectivity index (χ0) is 12.8. The summed E-state index contributed by atoms with van der Waals surface area (Å²) >= 11 is 0. The second-order valence-electron chi connectivity index (χ2n) is 7.59. The van der Waals surface area contributed by atoms with E-state index in [0.29, 0.717) is 17.6 Å². The SMILES string of the molecule is CCC1CCC2(CC1)CNC1CCC(C)(C)C1O2. The molecular weight excluding hydrogens is 222 g/mol. The monoisotopic (exact) mass is 251 g/mol. The number of ether oxygens (including phenoxy) is 1. The Morgan fingerprint density at radius 2 is 1.83 bits per heavy atom. The molecule has 1 heterocycles. The van der Waals surface area contributed by atoms with Gasteiger partial charge in [0.1, 0.15) is 0 Å². The van der Waals surface area contributed by atoms with E-state index in [-0.39, 0.29) is 5.60 Å². The van der Waals surface area contributed by atoms with Crippen LogP contribution in [0.3, 0.4) is 0 Å². The van der Waals surface area contributed by atoms with Gasteiger partial charge < -0.3 is 10.1 Å². The first-order valence-corrected chi connectivity index (χ1v) is 7.96. The maximum absolute atomic E-state index is 6.68. The second kappa shape index (κ2) is 4.49. The Balaban J connectivity index is 1.69. The molecule has 3 aliphatic rings. The van der Waals surface area contributed by atoms with Crippen LogP contribution in [0.1, 0.15) is 65.7 Å². The maximum Gasteiger partial charge on any atom is 0.0811 e. The van der Waals surface area contributed by atoms with Crippen LogP contribution >= 0.6 is 0 Å². The van der Waals surface area contributed by atoms with Crippen molar-refractivity contribution >= 4 is 0 Å². The van der Waals surface area contributed by atoms with Crippen molar-refractivity contribution in [1.29, 1.82) is 0 Å². The van der Waals surface area contributed by atoms with Crippen molar-refractivity contribution in [2.75, 3.05) is 6.54 Å². The minimum absolute atomic E-state index is 0.175. The molecular formula is C16H29NO. The zero-order valence-corrected chi connectivity index (χ0v) is 12.3. The van der Waals surface area contributed by atoms with E-state index in [0.717, 1.165) is 12.5 Å². The Morgan fingerprint density at radius 1 is 1.11 bits per heavy atom. The number of hydrogen-bond donors (Lipinski definition) is 1. The van der Waals surface area contributed by atoms with Crippen LogP contribution in [-0.2, 0) is 4.74 Å². The summed E-state index contributed by atoms with van der Waals surface area (Å²) in [6.45, 7) is 8.20. The van der Waals surface area contributed by atoms with Crippen molar-refractivity contribution in [3.63, 3.8) is 0 Å². The van der Waals surface area contributed by atoms with E-state index in [4.69, 9.17) is 4.74 Å². The van der Waals surface area contributed by atoms with Gasteiger partial charge in [-0.3, -0.25) is 0 Å². The van der Waals surface area contributed by atoms with E-state index >= 15 is 0 Å². The molecule has 0 amide bonds. The lowest BCUT2D eigenvalue weighted by atomic mass is 9.76. The van der Waals surface area contributed by atoms with Gasteiger partial charge in [-0.05, 0) is 49.9 Å². The molecule has 0 aromatic carbocycles. The first-order chi connectivity index (χ1) is 8.55. The van der Waals surface area contributed by atoms with Crippen LogP contribution in [0.2, 0.25) is 0 Å². The van der Waals surface area contributed by atoms with Gasteiger partial charge in [0.2, 0.25) is 0 Å². The number of rotatable bonds is 1. The highest BCUT2D eigenvalue weighted by atomic mass is 16.5. The quantitative estimate of drug-likeness (QED) is 0.770. The molecule has 18 heavy (non-hydrogen) atoms. The summed E-state index contributed by atoms with van der Waals surface area (Å²) in [5.74, 6) is 0.952. The number of fused-ring (bicyclic) bond motifs is 1. The molecule has 0 aromatic rings. The summed E-state index contributed by atoms with van der Waals surface area (Å²) in [5.41, 5.74) is 0.543. The van der Waals surface area contributed by atoms with Crippen LogP contribution in [0.25, 0.3) is 0 Å². The van der Waals surface area contributed by atoms with Gasteiger partial charge in [-0.15, -0.1) is 0 Å². The van der Waals surface area contributed by atoms with Crippen molar-refractivity contribution in [3.05, 3.63) is 0 Å². The summed E-state index contributed by atoms with van der Waals surface area (Å²) in [5, 5.41) is 3.81. The summed E-state index contributed by atoms with van der Waals surface area (Å²) in [4.78, 5) is 0. The standard InChI is InChI=1S/C16H29NO/c1-4-12-5-9-16(10-6-12)11-17-13-7-8-15(2,3)14(13)18-16/h12-14,17H,4-11H2,1-3H3. The molecule has 2 aliphatic carbocycles. The average molecular weight is 251 g/mol. The van der Waals surface area contributed by atoms with E-state index in [1.54, 1.807) is 0 Å². The van der Waals surface area contributed by atoms with Crippen molar-refractivity contribution < 1.29 is 4.74 Å². The fourth-order valence-electron chi connectivity index (χ4n) is 4.35. The molecule has 3 rings (SSSR count). The summed E-state index contributed by atoms with van der Waals surface area (Å²) in [7, 11) is 0. The Morgan fingerprint density at radius 3 is 2.50 bits per heavy atom. The molecule has 2 unspecified atom stereocenters. The van der Waals surface area contributed by atoms with Crippen molar-refractivity contribution in [2.45, 2.75) is 83.5 Å². The van der Waals surface area contributed by atoms with Crippen molar-refractivity contribution in [3.8, 4) is 0 Å². The molecule has 2 heteroatoms. The van der Waals surface area contributed by atoms with Crippen LogP contribution in [-0.4, -0.2) is 24.3 Å². The fourth-order valence-corrected chi connectivity index (χ4v) is 4.35. The molecule has 1 saturated heterocycles. The van der Waals surface area contributed by atoms with Gasteiger partial charge in [-0.25, -0.2) is 0 Å². The van der Waals surface area contributed by atoms with Gasteiger partial charge in [-0.2, -0.15) is 0 Å². The zero-order valence-electron chi connectivity index (χ0n) is 12.3. The number of nitrogens with one attached hydrogen (secondary N) is 1. The Bertz CT molecular complexity index is 304. The first kappa shape index (κ1) is 12.9. The summed E-state index contributed by atoms with van der Waals surface area (Å²) in [6.07, 6.45) is 9.70. The van der Waals surface area contributed by atoms with Gasteiger partial charge in [0.25, 0.3) is 0 Å². The Kier molecular flexibility index (Phi) is 3.22. The Labute approximate surface area is 112 Å². The molecule has 104 valence electrons. The second-order valence-corrected chi connectivity index (χ2v) is 7.59. The van der Waals surface area contributed by atoms with Gasteiger partial charge >= 0.3 is 0 Å². The molecule has 1 aliphatic heterocycles. The van der Waals surface area contributed by atoms with Crippen molar-refractivity contribution in [2.24, 2.45) is 11.3 Å². The third kappa shape index (κ3) is 2.12. The van der Waals surface area contributed by atoms with Crippen LogP contribution in [0.5, 0.6) is 0 Å². The molecule has 1 N–H and O–H groups in total. The molecule has 2 atom stereocenters. The van der Waals surface area contributed by atoms with E-state index in [2.05, 4.69) is 26.1 Å². The molecule has 1 spiro atoms. The number of hydrogen-bond acceptors (Lipinski definition) is 2. The lowest BCUT2D eigenvalue weighted by molar-refractivity contribution is -0.174. The topological polar surface area (TPSA) is 21.3 Å². The highest BCUT2D eigenvalue weighted by Crippen LogP contribution is 2.47. The minimum atomic E-state index is 0.175. The van der Waals surface area contributed by atoms with E-state index in [1.165, 1.54) is 44.9 Å². The van der Waals surface area contributed by atoms with Gasteiger partial charge in [0, 0.05) is 12.6 Å². The summed E-state index contributed by atoms with van der Waals surface area (Å²) < 4.78 is 6.68. The van der Waals surface area contributed by atoms with Crippen LogP contribution in [0, 0.1) is 11.3 Å². The lowest BCUT2D eigenvalue weighted by Crippen LogP contribution is -2.60. The Hall–Kier alpha value is -0.0800. The highest BCUT2D eigenvalue weighted by molar-refractivity contribution is 5.04. The average Bonchev–Trinajstić information content (AvgIpc) is 2.66. The first-order valence-electron chi connectivity index (χ1n) is 7.96. The lowest BCUT2D eigenvalue weighted by Gasteiger charge is -2.49. The van der Waals surface area contributed by atoms with Gasteiger partial charge in [0.05, 0.1) is 11.7 Å². The molecule has 2 nitrogen and oxygen atoms in total. The fraction of sp³-hybridized carbons (Fsp3) is 1.00. The molecule has 0 bridgehead atoms. The number of morpholine rings is 1. The van der Waals surface area contributed by atoms with E-state index in [9.17, 15) is 0 Å². The smallest absolute Gasteiger partial charge is 0.0811 e. The van der Waals surface area contributed by atoms with Gasteiger partial charge in [0.15, 0.2) is 0 Å². The van der Waals surface area contributed by atoms with Crippen LogP contribution in [0.4, 0.5) is 0 Å². The predicted molar refractivity (Wildman–Crippen MR) is 74.7 cm³/mol. The molecule has 3 fully saturated rings. The third-order valence-corrected chi connectivity index (χ3v) is 5.89. The van der Waals surface area contributed by atoms with E-state index < -0.39 is 0 Å². The van der Waals surface area contributed by atoms with Crippen LogP contribution in [0.15, 0.2) is 0 Å². The maximum atomic E-state index is 6.68. The highest BCUT2D eigenvalue weighted by Gasteiger charge is 2.51. The van der Waals surface area contributed by atoms with E-state index in [1.807, 2.05) is 0 Å². The van der Waals surface area contributed by atoms with Crippen molar-refractivity contribution in [1.82, 2.24) is 5.32 Å². The minimum Gasteiger partial charge on any atom is -0.368 e.